The predicted molar refractivity (Wildman–Crippen MR) is 111 cm³/mol. The van der Waals surface area contributed by atoms with Crippen LogP contribution in [0.2, 0.25) is 5.02 Å². The molecule has 0 saturated heterocycles. The molecule has 0 saturated carbocycles. The highest BCUT2D eigenvalue weighted by Gasteiger charge is 2.22. The van der Waals surface area contributed by atoms with Crippen molar-refractivity contribution >= 4 is 34.5 Å². The summed E-state index contributed by atoms with van der Waals surface area (Å²) in [6.45, 7) is 6.33. The third-order valence-electron chi connectivity index (χ3n) is 3.84. The van der Waals surface area contributed by atoms with E-state index >= 15 is 0 Å². The molecule has 0 aliphatic heterocycles. The molecule has 0 fully saturated rings. The first-order valence-electron chi connectivity index (χ1n) is 8.41. The maximum Gasteiger partial charge on any atom is 0.270 e. The van der Waals surface area contributed by atoms with Gasteiger partial charge in [-0.25, -0.2) is 4.98 Å². The third-order valence-corrected chi connectivity index (χ3v) is 5.21. The number of hydrogen-bond acceptors (Lipinski definition) is 4. The number of thiazole rings is 1. The lowest BCUT2D eigenvalue weighted by molar-refractivity contribution is 0.0993. The van der Waals surface area contributed by atoms with Crippen molar-refractivity contribution in [2.45, 2.75) is 13.5 Å². The van der Waals surface area contributed by atoms with Crippen molar-refractivity contribution in [3.05, 3.63) is 87.9 Å². The van der Waals surface area contributed by atoms with Gasteiger partial charge in [-0.2, -0.15) is 0 Å². The number of rotatable bonds is 7. The number of ether oxygens (including phenoxy) is 1. The van der Waals surface area contributed by atoms with Crippen LogP contribution in [-0.4, -0.2) is 17.4 Å². The van der Waals surface area contributed by atoms with Gasteiger partial charge < -0.3 is 9.64 Å². The van der Waals surface area contributed by atoms with E-state index in [2.05, 4.69) is 11.6 Å². The van der Waals surface area contributed by atoms with Gasteiger partial charge in [-0.15, -0.1) is 17.9 Å². The molecule has 27 heavy (non-hydrogen) atoms. The number of amides is 1. The molecular weight excluding hydrogens is 380 g/mol. The van der Waals surface area contributed by atoms with Crippen molar-refractivity contribution < 1.29 is 9.53 Å². The van der Waals surface area contributed by atoms with Crippen molar-refractivity contribution in [1.82, 2.24) is 4.98 Å². The number of carbonyl (C=O) groups excluding carboxylic acids is 1. The lowest BCUT2D eigenvalue weighted by Crippen LogP contribution is -2.30. The van der Waals surface area contributed by atoms with Crippen LogP contribution in [0.15, 0.2) is 67.3 Å². The summed E-state index contributed by atoms with van der Waals surface area (Å²) in [4.78, 5) is 19.9. The van der Waals surface area contributed by atoms with Gasteiger partial charge >= 0.3 is 0 Å². The van der Waals surface area contributed by atoms with Gasteiger partial charge in [-0.3, -0.25) is 4.79 Å². The molecule has 4 nitrogen and oxygen atoms in total. The molecule has 2 aromatic carbocycles. The first-order valence-corrected chi connectivity index (χ1v) is 9.60. The summed E-state index contributed by atoms with van der Waals surface area (Å²) >= 11 is 7.23. The van der Waals surface area contributed by atoms with Crippen LogP contribution < -0.4 is 9.64 Å². The monoisotopic (exact) mass is 398 g/mol. The first kappa shape index (κ1) is 19.1. The van der Waals surface area contributed by atoms with Crippen LogP contribution >= 0.6 is 22.9 Å². The molecule has 0 unspecified atom stereocenters. The van der Waals surface area contributed by atoms with E-state index in [0.717, 1.165) is 10.7 Å². The number of halogens is 1. The van der Waals surface area contributed by atoms with Crippen molar-refractivity contribution in [2.24, 2.45) is 0 Å². The molecular formula is C21H19ClN2O2S. The Kier molecular flexibility index (Phi) is 6.27. The second-order valence-electron chi connectivity index (χ2n) is 5.80. The SMILES string of the molecule is C=CCN(C(=O)c1sc(COc2ccc(Cl)cc2)nc1C)c1ccccc1. The summed E-state index contributed by atoms with van der Waals surface area (Å²) in [5, 5.41) is 1.40. The summed E-state index contributed by atoms with van der Waals surface area (Å²) in [5.41, 5.74) is 1.53. The summed E-state index contributed by atoms with van der Waals surface area (Å²) in [6, 6.07) is 16.7. The van der Waals surface area contributed by atoms with Crippen LogP contribution in [0.4, 0.5) is 5.69 Å². The number of anilines is 1. The zero-order valence-electron chi connectivity index (χ0n) is 14.9. The number of benzene rings is 2. The first-order chi connectivity index (χ1) is 13.1. The smallest absolute Gasteiger partial charge is 0.270 e. The highest BCUT2D eigenvalue weighted by Crippen LogP contribution is 2.25. The van der Waals surface area contributed by atoms with Gasteiger partial charge in [0.15, 0.2) is 0 Å². The number of carbonyl (C=O) groups is 1. The lowest BCUT2D eigenvalue weighted by atomic mass is 10.2. The Labute approximate surface area is 167 Å². The molecule has 1 amide bonds. The van der Waals surface area contributed by atoms with Gasteiger partial charge in [0.05, 0.1) is 5.69 Å². The van der Waals surface area contributed by atoms with E-state index < -0.39 is 0 Å². The molecule has 138 valence electrons. The van der Waals surface area contributed by atoms with E-state index in [1.54, 1.807) is 35.2 Å². The number of aromatic nitrogens is 1. The second-order valence-corrected chi connectivity index (χ2v) is 7.32. The number of nitrogens with zero attached hydrogens (tertiary/aromatic N) is 2. The van der Waals surface area contributed by atoms with Gasteiger partial charge in [-0.05, 0) is 43.3 Å². The van der Waals surface area contributed by atoms with Crippen molar-refractivity contribution in [3.63, 3.8) is 0 Å². The average molecular weight is 399 g/mol. The van der Waals surface area contributed by atoms with Gasteiger partial charge in [0, 0.05) is 17.3 Å². The summed E-state index contributed by atoms with van der Waals surface area (Å²) in [7, 11) is 0. The van der Waals surface area contributed by atoms with Crippen LogP contribution in [0, 0.1) is 6.92 Å². The van der Waals surface area contributed by atoms with E-state index in [1.807, 2.05) is 37.3 Å². The maximum absolute atomic E-state index is 13.1. The van der Waals surface area contributed by atoms with Crippen molar-refractivity contribution in [3.8, 4) is 5.75 Å². The Bertz CT molecular complexity index is 923. The Morgan fingerprint density at radius 3 is 2.59 bits per heavy atom. The lowest BCUT2D eigenvalue weighted by Gasteiger charge is -2.20. The fraction of sp³-hybridized carbons (Fsp3) is 0.143. The predicted octanol–water partition coefficient (Wildman–Crippen LogP) is 5.52. The largest absolute Gasteiger partial charge is 0.486 e. The van der Waals surface area contributed by atoms with Crippen LogP contribution in [0.5, 0.6) is 5.75 Å². The fourth-order valence-corrected chi connectivity index (χ4v) is 3.61. The quantitative estimate of drug-likeness (QED) is 0.492. The zero-order valence-corrected chi connectivity index (χ0v) is 16.5. The highest BCUT2D eigenvalue weighted by atomic mass is 35.5. The molecule has 0 aliphatic carbocycles. The molecule has 3 rings (SSSR count). The summed E-state index contributed by atoms with van der Waals surface area (Å²) < 4.78 is 5.74. The normalized spacial score (nSPS) is 10.4. The van der Waals surface area contributed by atoms with Crippen LogP contribution in [-0.2, 0) is 6.61 Å². The van der Waals surface area contributed by atoms with E-state index in [9.17, 15) is 4.79 Å². The minimum absolute atomic E-state index is 0.0890. The molecule has 0 bridgehead atoms. The topological polar surface area (TPSA) is 42.4 Å². The standard InChI is InChI=1S/C21H19ClN2O2S/c1-3-13-24(17-7-5-4-6-8-17)21(25)20-15(2)23-19(27-20)14-26-18-11-9-16(22)10-12-18/h3-12H,1,13-14H2,2H3. The molecule has 1 aromatic heterocycles. The van der Waals surface area contributed by atoms with Crippen LogP contribution in [0.25, 0.3) is 0 Å². The minimum Gasteiger partial charge on any atom is -0.486 e. The van der Waals surface area contributed by atoms with E-state index in [1.165, 1.54) is 11.3 Å². The van der Waals surface area contributed by atoms with Crippen molar-refractivity contribution in [1.29, 1.82) is 0 Å². The molecule has 0 aliphatic rings. The van der Waals surface area contributed by atoms with Gasteiger partial charge in [0.25, 0.3) is 5.91 Å². The van der Waals surface area contributed by atoms with Gasteiger partial charge in [-0.1, -0.05) is 35.9 Å². The molecule has 3 aromatic rings. The summed E-state index contributed by atoms with van der Waals surface area (Å²) in [6.07, 6.45) is 1.71. The molecule has 1 heterocycles. The van der Waals surface area contributed by atoms with Crippen molar-refractivity contribution in [2.75, 3.05) is 11.4 Å². The maximum atomic E-state index is 13.1. The average Bonchev–Trinajstić information content (AvgIpc) is 3.06. The molecule has 0 spiro atoms. The molecule has 0 N–H and O–H groups in total. The minimum atomic E-state index is -0.0890. The highest BCUT2D eigenvalue weighted by molar-refractivity contribution is 7.13. The Hall–Kier alpha value is -2.63. The Morgan fingerprint density at radius 2 is 1.93 bits per heavy atom. The number of aryl methyl sites for hydroxylation is 1. The molecule has 0 atom stereocenters. The van der Waals surface area contributed by atoms with Crippen LogP contribution in [0.1, 0.15) is 20.4 Å². The van der Waals surface area contributed by atoms with Crippen LogP contribution in [0.3, 0.4) is 0 Å². The molecule has 6 heteroatoms. The third kappa shape index (κ3) is 4.76. The van der Waals surface area contributed by atoms with Gasteiger partial charge in [0.1, 0.15) is 22.2 Å². The van der Waals surface area contributed by atoms with E-state index in [0.29, 0.717) is 34.5 Å². The van der Waals surface area contributed by atoms with E-state index in [4.69, 9.17) is 16.3 Å². The summed E-state index contributed by atoms with van der Waals surface area (Å²) in [5.74, 6) is 0.617. The van der Waals surface area contributed by atoms with E-state index in [-0.39, 0.29) is 5.91 Å². The fourth-order valence-electron chi connectivity index (χ4n) is 2.55. The zero-order chi connectivity index (χ0) is 19.2. The molecule has 0 radical (unpaired) electrons. The second kappa shape index (κ2) is 8.84. The number of hydrogen-bond donors (Lipinski definition) is 0. The Morgan fingerprint density at radius 1 is 1.22 bits per heavy atom. The Balaban J connectivity index is 1.76. The number of para-hydroxylation sites is 1. The van der Waals surface area contributed by atoms with Gasteiger partial charge in [0.2, 0.25) is 0 Å².